The van der Waals surface area contributed by atoms with Crippen molar-refractivity contribution in [2.24, 2.45) is 0 Å². The molecular formula is C23H24F3N3O5. The summed E-state index contributed by atoms with van der Waals surface area (Å²) in [4.78, 5) is 24.6. The number of aryl methyl sites for hydroxylation is 2. The molecule has 1 unspecified atom stereocenters. The summed E-state index contributed by atoms with van der Waals surface area (Å²) in [6.45, 7) is 7.41. The van der Waals surface area contributed by atoms with Gasteiger partial charge in [0, 0.05) is 0 Å². The molecule has 1 aromatic heterocycles. The number of hydrogen-bond donors (Lipinski definition) is 0. The SMILES string of the molecule is CCOC(=O)C(C)Oc1c(C)cc(Cn2ncn(-c3ccc(OC(F)(F)F)cc3)c2=O)cc1C. The molecule has 0 aliphatic carbocycles. The van der Waals surface area contributed by atoms with Crippen LogP contribution in [0.15, 0.2) is 47.5 Å². The zero-order valence-electron chi connectivity index (χ0n) is 19.0. The summed E-state index contributed by atoms with van der Waals surface area (Å²) < 4.78 is 54.0. The van der Waals surface area contributed by atoms with Crippen LogP contribution in [0.2, 0.25) is 0 Å². The molecule has 1 atom stereocenters. The van der Waals surface area contributed by atoms with Gasteiger partial charge in [-0.1, -0.05) is 12.1 Å². The number of alkyl halides is 3. The highest BCUT2D eigenvalue weighted by atomic mass is 19.4. The Labute approximate surface area is 193 Å². The smallest absolute Gasteiger partial charge is 0.478 e. The number of hydrogen-bond acceptors (Lipinski definition) is 6. The van der Waals surface area contributed by atoms with Crippen LogP contribution in [0.25, 0.3) is 5.69 Å². The minimum atomic E-state index is -4.79. The lowest BCUT2D eigenvalue weighted by molar-refractivity contribution is -0.274. The van der Waals surface area contributed by atoms with Crippen LogP contribution < -0.4 is 15.2 Å². The van der Waals surface area contributed by atoms with Crippen molar-refractivity contribution >= 4 is 5.97 Å². The van der Waals surface area contributed by atoms with Crippen molar-refractivity contribution in [2.75, 3.05) is 6.61 Å². The predicted octanol–water partition coefficient (Wildman–Crippen LogP) is 3.93. The molecule has 3 rings (SSSR count). The summed E-state index contributed by atoms with van der Waals surface area (Å²) in [5.41, 5.74) is 2.22. The summed E-state index contributed by atoms with van der Waals surface area (Å²) in [7, 11) is 0. The van der Waals surface area contributed by atoms with Crippen LogP contribution in [-0.4, -0.2) is 39.4 Å². The van der Waals surface area contributed by atoms with Gasteiger partial charge in [-0.15, -0.1) is 13.2 Å². The first-order valence-corrected chi connectivity index (χ1v) is 10.4. The molecule has 0 aliphatic heterocycles. The fourth-order valence-electron chi connectivity index (χ4n) is 3.41. The molecule has 0 saturated heterocycles. The van der Waals surface area contributed by atoms with E-state index in [1.165, 1.54) is 27.7 Å². The van der Waals surface area contributed by atoms with Crippen LogP contribution in [0.4, 0.5) is 13.2 Å². The van der Waals surface area contributed by atoms with Crippen LogP contribution in [-0.2, 0) is 16.1 Å². The predicted molar refractivity (Wildman–Crippen MR) is 116 cm³/mol. The molecule has 2 aromatic carbocycles. The van der Waals surface area contributed by atoms with Crippen LogP contribution >= 0.6 is 0 Å². The molecule has 0 radical (unpaired) electrons. The lowest BCUT2D eigenvalue weighted by Gasteiger charge is -2.18. The van der Waals surface area contributed by atoms with E-state index in [0.717, 1.165) is 28.8 Å². The minimum Gasteiger partial charge on any atom is -0.478 e. The molecule has 0 N–H and O–H groups in total. The van der Waals surface area contributed by atoms with Crippen molar-refractivity contribution in [3.8, 4) is 17.2 Å². The Bertz CT molecular complexity index is 1190. The number of ether oxygens (including phenoxy) is 3. The first-order valence-electron chi connectivity index (χ1n) is 10.4. The zero-order chi connectivity index (χ0) is 25.0. The average Bonchev–Trinajstić information content (AvgIpc) is 3.10. The quantitative estimate of drug-likeness (QED) is 0.456. The molecule has 34 heavy (non-hydrogen) atoms. The van der Waals surface area contributed by atoms with Gasteiger partial charge in [0.1, 0.15) is 17.8 Å². The third-order valence-electron chi connectivity index (χ3n) is 4.85. The van der Waals surface area contributed by atoms with Crippen molar-refractivity contribution < 1.29 is 32.2 Å². The van der Waals surface area contributed by atoms with Gasteiger partial charge in [0.2, 0.25) is 0 Å². The zero-order valence-corrected chi connectivity index (χ0v) is 19.0. The fraction of sp³-hybridized carbons (Fsp3) is 0.348. The van der Waals surface area contributed by atoms with Crippen LogP contribution in [0.3, 0.4) is 0 Å². The molecule has 3 aromatic rings. The van der Waals surface area contributed by atoms with Crippen LogP contribution in [0.5, 0.6) is 11.5 Å². The molecule has 0 fully saturated rings. The lowest BCUT2D eigenvalue weighted by Crippen LogP contribution is -2.27. The highest BCUT2D eigenvalue weighted by Crippen LogP contribution is 2.27. The maximum Gasteiger partial charge on any atom is 0.573 e. The number of benzene rings is 2. The second-order valence-electron chi connectivity index (χ2n) is 7.55. The van der Waals surface area contributed by atoms with E-state index in [-0.39, 0.29) is 18.9 Å². The molecular weight excluding hydrogens is 455 g/mol. The molecule has 182 valence electrons. The number of esters is 1. The Kier molecular flexibility index (Phi) is 7.33. The van der Waals surface area contributed by atoms with Gasteiger partial charge in [0.15, 0.2) is 6.10 Å². The Hall–Kier alpha value is -3.76. The Morgan fingerprint density at radius 2 is 1.74 bits per heavy atom. The van der Waals surface area contributed by atoms with Gasteiger partial charge < -0.3 is 14.2 Å². The van der Waals surface area contributed by atoms with Gasteiger partial charge in [-0.05, 0) is 68.7 Å². The summed E-state index contributed by atoms with van der Waals surface area (Å²) in [5.74, 6) is -0.286. The van der Waals surface area contributed by atoms with Crippen LogP contribution in [0.1, 0.15) is 30.5 Å². The van der Waals surface area contributed by atoms with Crippen molar-refractivity contribution in [3.63, 3.8) is 0 Å². The van der Waals surface area contributed by atoms with Gasteiger partial charge >= 0.3 is 18.0 Å². The first-order chi connectivity index (χ1) is 16.0. The second kappa shape index (κ2) is 10.0. The maximum atomic E-state index is 12.8. The number of rotatable bonds is 8. The first kappa shape index (κ1) is 24.9. The standard InChI is InChI=1S/C23H24F3N3O5/c1-5-32-21(30)16(4)33-20-14(2)10-17(11-15(20)3)12-29-22(31)28(13-27-29)18-6-8-19(9-7-18)34-23(24,25)26/h6-11,13,16H,5,12H2,1-4H3. The highest BCUT2D eigenvalue weighted by molar-refractivity contribution is 5.74. The van der Waals surface area contributed by atoms with E-state index in [4.69, 9.17) is 9.47 Å². The van der Waals surface area contributed by atoms with Gasteiger partial charge in [-0.2, -0.15) is 5.10 Å². The van der Waals surface area contributed by atoms with E-state index in [0.29, 0.717) is 11.4 Å². The van der Waals surface area contributed by atoms with Gasteiger partial charge in [0.05, 0.1) is 18.8 Å². The Morgan fingerprint density at radius 1 is 1.12 bits per heavy atom. The summed E-state index contributed by atoms with van der Waals surface area (Å²) in [6.07, 6.45) is -4.27. The Morgan fingerprint density at radius 3 is 2.29 bits per heavy atom. The largest absolute Gasteiger partial charge is 0.573 e. The van der Waals surface area contributed by atoms with Gasteiger partial charge in [-0.25, -0.2) is 18.8 Å². The summed E-state index contributed by atoms with van der Waals surface area (Å²) in [5, 5.41) is 4.11. The Balaban J connectivity index is 1.77. The molecule has 0 aliphatic rings. The molecule has 0 saturated carbocycles. The number of halogens is 3. The van der Waals surface area contributed by atoms with E-state index in [1.807, 2.05) is 26.0 Å². The van der Waals surface area contributed by atoms with Gasteiger partial charge in [-0.3, -0.25) is 0 Å². The van der Waals surface area contributed by atoms with Crippen molar-refractivity contribution in [2.45, 2.75) is 46.7 Å². The van der Waals surface area contributed by atoms with Crippen molar-refractivity contribution in [1.29, 1.82) is 0 Å². The molecule has 0 amide bonds. The molecule has 0 spiro atoms. The molecule has 8 nitrogen and oxygen atoms in total. The fourth-order valence-corrected chi connectivity index (χ4v) is 3.41. The molecule has 0 bridgehead atoms. The minimum absolute atomic E-state index is 0.163. The van der Waals surface area contributed by atoms with Crippen LogP contribution in [0, 0.1) is 13.8 Å². The summed E-state index contributed by atoms with van der Waals surface area (Å²) in [6, 6.07) is 8.56. The highest BCUT2D eigenvalue weighted by Gasteiger charge is 2.31. The third kappa shape index (κ3) is 5.97. The normalized spacial score (nSPS) is 12.3. The summed E-state index contributed by atoms with van der Waals surface area (Å²) >= 11 is 0. The molecule has 1 heterocycles. The van der Waals surface area contributed by atoms with E-state index >= 15 is 0 Å². The number of aromatic nitrogens is 3. The van der Waals surface area contributed by atoms with E-state index in [9.17, 15) is 22.8 Å². The van der Waals surface area contributed by atoms with Crippen molar-refractivity contribution in [1.82, 2.24) is 14.3 Å². The van der Waals surface area contributed by atoms with Crippen molar-refractivity contribution in [3.05, 3.63) is 69.9 Å². The van der Waals surface area contributed by atoms with E-state index in [2.05, 4.69) is 9.84 Å². The second-order valence-corrected chi connectivity index (χ2v) is 7.55. The van der Waals surface area contributed by atoms with E-state index < -0.39 is 24.1 Å². The molecule has 11 heteroatoms. The number of nitrogens with zero attached hydrogens (tertiary/aromatic N) is 3. The number of carbonyl (C=O) groups excluding carboxylic acids is 1. The average molecular weight is 479 g/mol. The monoisotopic (exact) mass is 479 g/mol. The maximum absolute atomic E-state index is 12.8. The third-order valence-corrected chi connectivity index (χ3v) is 4.85. The lowest BCUT2D eigenvalue weighted by atomic mass is 10.1. The van der Waals surface area contributed by atoms with E-state index in [1.54, 1.807) is 13.8 Å². The number of carbonyl (C=O) groups is 1. The van der Waals surface area contributed by atoms with Gasteiger partial charge in [0.25, 0.3) is 0 Å². The topological polar surface area (TPSA) is 84.6 Å².